The molecule has 42 heavy (non-hydrogen) atoms. The molecule has 4 unspecified atom stereocenters. The van der Waals surface area contributed by atoms with Crippen molar-refractivity contribution in [2.75, 3.05) is 18.6 Å². The molecule has 1 aromatic heterocycles. The Hall–Kier alpha value is -4.03. The van der Waals surface area contributed by atoms with E-state index in [1.807, 2.05) is 30.5 Å². The number of aromatic amines is 1. The van der Waals surface area contributed by atoms with E-state index in [2.05, 4.69) is 15.6 Å². The number of para-hydroxylation sites is 1. The van der Waals surface area contributed by atoms with Gasteiger partial charge >= 0.3 is 5.97 Å². The molecule has 1 aliphatic heterocycles. The highest BCUT2D eigenvalue weighted by molar-refractivity contribution is 7.98. The minimum Gasteiger partial charge on any atom is -0.508 e. The average molecular weight is 596 g/mol. The third-order valence-electron chi connectivity index (χ3n) is 7.50. The number of phenolic OH excluding ortho intramolecular Hbond substituents is 1. The van der Waals surface area contributed by atoms with Gasteiger partial charge in [-0.15, -0.1) is 0 Å². The minimum atomic E-state index is -1.20. The number of aliphatic carboxylic acids is 1. The maximum absolute atomic E-state index is 13.4. The van der Waals surface area contributed by atoms with Gasteiger partial charge in [0.05, 0.1) is 6.04 Å². The van der Waals surface area contributed by atoms with E-state index in [-0.39, 0.29) is 24.5 Å². The predicted octanol–water partition coefficient (Wildman–Crippen LogP) is 1.78. The zero-order chi connectivity index (χ0) is 30.2. The molecule has 0 aliphatic carbocycles. The summed E-state index contributed by atoms with van der Waals surface area (Å²) in [5.41, 5.74) is 8.61. The van der Waals surface area contributed by atoms with Crippen molar-refractivity contribution in [1.82, 2.24) is 20.5 Å². The number of nitrogens with one attached hydrogen (secondary N) is 3. The second kappa shape index (κ2) is 14.2. The summed E-state index contributed by atoms with van der Waals surface area (Å²) in [5, 5.41) is 25.6. The van der Waals surface area contributed by atoms with E-state index in [0.29, 0.717) is 31.6 Å². The van der Waals surface area contributed by atoms with Gasteiger partial charge in [-0.05, 0) is 67.0 Å². The standard InChI is InChI=1S/C30H37N5O6S/c1-42-14-12-24(27(37)34-25(30(40)41)16-19-17-32-23-6-3-2-5-21(19)23)33-28(38)26-7-4-13-35(26)29(39)22(31)15-18-8-10-20(36)11-9-18/h2-3,5-6,8-11,17,22,24-26,32,36H,4,7,12-16,31H2,1H3,(H,33,38)(H,34,37)(H,40,41). The van der Waals surface area contributed by atoms with Gasteiger partial charge in [-0.2, -0.15) is 11.8 Å². The summed E-state index contributed by atoms with van der Waals surface area (Å²) in [4.78, 5) is 56.6. The van der Waals surface area contributed by atoms with Gasteiger partial charge in [0.15, 0.2) is 0 Å². The summed E-state index contributed by atoms with van der Waals surface area (Å²) in [6.45, 7) is 0.369. The number of aromatic hydroxyl groups is 1. The molecule has 1 fully saturated rings. The Balaban J connectivity index is 1.41. The number of benzene rings is 2. The number of H-pyrrole nitrogens is 1. The molecule has 0 saturated carbocycles. The number of nitrogens with zero attached hydrogens (tertiary/aromatic N) is 1. The van der Waals surface area contributed by atoms with Crippen LogP contribution in [0.1, 0.15) is 30.4 Å². The van der Waals surface area contributed by atoms with Gasteiger partial charge < -0.3 is 36.5 Å². The molecule has 4 rings (SSSR count). The number of likely N-dealkylation sites (tertiary alicyclic amines) is 1. The van der Waals surface area contributed by atoms with Crippen LogP contribution < -0.4 is 16.4 Å². The second-order valence-corrected chi connectivity index (χ2v) is 11.5. The highest BCUT2D eigenvalue weighted by atomic mass is 32.2. The lowest BCUT2D eigenvalue weighted by atomic mass is 10.0. The van der Waals surface area contributed by atoms with Crippen LogP contribution >= 0.6 is 11.8 Å². The Labute approximate surface area is 248 Å². The first-order chi connectivity index (χ1) is 20.2. The Morgan fingerprint density at radius 2 is 1.81 bits per heavy atom. The summed E-state index contributed by atoms with van der Waals surface area (Å²) in [5.74, 6) is -1.94. The fourth-order valence-electron chi connectivity index (χ4n) is 5.25. The van der Waals surface area contributed by atoms with Crippen molar-refractivity contribution in [3.8, 4) is 5.75 Å². The van der Waals surface area contributed by atoms with Crippen LogP contribution in [0.25, 0.3) is 10.9 Å². The normalized spacial score (nSPS) is 17.0. The molecule has 0 radical (unpaired) electrons. The zero-order valence-corrected chi connectivity index (χ0v) is 24.2. The molecule has 2 heterocycles. The number of amides is 3. The summed E-state index contributed by atoms with van der Waals surface area (Å²) in [7, 11) is 0. The molecule has 7 N–H and O–H groups in total. The Bertz CT molecular complexity index is 1410. The number of carboxylic acids is 1. The molecular weight excluding hydrogens is 558 g/mol. The third-order valence-corrected chi connectivity index (χ3v) is 8.15. The molecule has 11 nitrogen and oxygen atoms in total. The van der Waals surface area contributed by atoms with Crippen molar-refractivity contribution in [2.45, 2.75) is 56.3 Å². The van der Waals surface area contributed by atoms with Crippen LogP contribution in [-0.2, 0) is 32.0 Å². The van der Waals surface area contributed by atoms with Gasteiger partial charge in [0.2, 0.25) is 17.7 Å². The van der Waals surface area contributed by atoms with Crippen molar-refractivity contribution in [3.05, 3.63) is 65.9 Å². The number of phenols is 1. The van der Waals surface area contributed by atoms with Crippen molar-refractivity contribution in [2.24, 2.45) is 5.73 Å². The number of rotatable bonds is 13. The highest BCUT2D eigenvalue weighted by Gasteiger charge is 2.38. The van der Waals surface area contributed by atoms with Crippen molar-refractivity contribution < 1.29 is 29.4 Å². The Morgan fingerprint density at radius 1 is 1.07 bits per heavy atom. The maximum Gasteiger partial charge on any atom is 0.326 e. The van der Waals surface area contributed by atoms with Crippen molar-refractivity contribution in [3.63, 3.8) is 0 Å². The summed E-state index contributed by atoms with van der Waals surface area (Å²) in [6, 6.07) is 10.1. The van der Waals surface area contributed by atoms with E-state index in [1.54, 1.807) is 18.3 Å². The molecule has 4 atom stereocenters. The lowest BCUT2D eigenvalue weighted by Crippen LogP contribution is -2.57. The van der Waals surface area contributed by atoms with E-state index in [4.69, 9.17) is 5.73 Å². The van der Waals surface area contributed by atoms with E-state index in [1.165, 1.54) is 28.8 Å². The largest absolute Gasteiger partial charge is 0.508 e. The lowest BCUT2D eigenvalue weighted by Gasteiger charge is -2.28. The first-order valence-corrected chi connectivity index (χ1v) is 15.3. The van der Waals surface area contributed by atoms with Crippen LogP contribution in [0.5, 0.6) is 5.75 Å². The molecule has 12 heteroatoms. The summed E-state index contributed by atoms with van der Waals surface area (Å²) in [6.07, 6.45) is 5.26. The molecule has 1 aliphatic rings. The minimum absolute atomic E-state index is 0.0676. The third kappa shape index (κ3) is 7.62. The van der Waals surface area contributed by atoms with Crippen LogP contribution in [0.15, 0.2) is 54.7 Å². The molecule has 3 amide bonds. The van der Waals surface area contributed by atoms with Gasteiger partial charge in [-0.1, -0.05) is 30.3 Å². The quantitative estimate of drug-likeness (QED) is 0.173. The number of carbonyl (C=O) groups is 4. The number of carbonyl (C=O) groups excluding carboxylic acids is 3. The van der Waals surface area contributed by atoms with Crippen LogP contribution in [0.3, 0.4) is 0 Å². The monoisotopic (exact) mass is 595 g/mol. The van der Waals surface area contributed by atoms with Crippen LogP contribution in [0, 0.1) is 0 Å². The number of thioether (sulfide) groups is 1. The Morgan fingerprint density at radius 3 is 2.52 bits per heavy atom. The van der Waals surface area contributed by atoms with Gasteiger partial charge in [0, 0.05) is 30.1 Å². The number of hydrogen-bond donors (Lipinski definition) is 6. The van der Waals surface area contributed by atoms with Crippen LogP contribution in [0.2, 0.25) is 0 Å². The van der Waals surface area contributed by atoms with E-state index >= 15 is 0 Å². The molecule has 0 bridgehead atoms. The smallest absolute Gasteiger partial charge is 0.326 e. The van der Waals surface area contributed by atoms with E-state index in [9.17, 15) is 29.4 Å². The summed E-state index contributed by atoms with van der Waals surface area (Å²) < 4.78 is 0. The number of nitrogens with two attached hydrogens (primary N) is 1. The molecule has 0 spiro atoms. The maximum atomic E-state index is 13.4. The number of hydrogen-bond acceptors (Lipinski definition) is 7. The SMILES string of the molecule is CSCCC(NC(=O)C1CCCN1C(=O)C(N)Cc1ccc(O)cc1)C(=O)NC(Cc1c[nH]c2ccccc12)C(=O)O. The van der Waals surface area contributed by atoms with E-state index in [0.717, 1.165) is 22.0 Å². The van der Waals surface area contributed by atoms with Crippen LogP contribution in [0.4, 0.5) is 0 Å². The molecule has 1 saturated heterocycles. The second-order valence-electron chi connectivity index (χ2n) is 10.5. The lowest BCUT2D eigenvalue weighted by molar-refractivity contribution is -0.143. The number of carboxylic acid groups (broad SMARTS) is 1. The fourth-order valence-corrected chi connectivity index (χ4v) is 5.73. The first-order valence-electron chi connectivity index (χ1n) is 13.9. The first kappa shape index (κ1) is 30.9. The van der Waals surface area contributed by atoms with Crippen molar-refractivity contribution in [1.29, 1.82) is 0 Å². The number of fused-ring (bicyclic) bond motifs is 1. The van der Waals surface area contributed by atoms with Gasteiger partial charge in [0.25, 0.3) is 0 Å². The Kier molecular flexibility index (Phi) is 10.5. The predicted molar refractivity (Wildman–Crippen MR) is 161 cm³/mol. The molecule has 224 valence electrons. The topological polar surface area (TPSA) is 178 Å². The van der Waals surface area contributed by atoms with Crippen LogP contribution in [-0.4, -0.2) is 86.5 Å². The fraction of sp³-hybridized carbons (Fsp3) is 0.400. The average Bonchev–Trinajstić information content (AvgIpc) is 3.63. The number of aromatic nitrogens is 1. The van der Waals surface area contributed by atoms with Gasteiger partial charge in [-0.25, -0.2) is 4.79 Å². The molecular formula is C30H37N5O6S. The van der Waals surface area contributed by atoms with Gasteiger partial charge in [-0.3, -0.25) is 14.4 Å². The summed E-state index contributed by atoms with van der Waals surface area (Å²) >= 11 is 1.50. The van der Waals surface area contributed by atoms with Crippen molar-refractivity contribution >= 4 is 46.4 Å². The zero-order valence-electron chi connectivity index (χ0n) is 23.4. The van der Waals surface area contributed by atoms with E-state index < -0.39 is 42.0 Å². The molecule has 2 aromatic carbocycles. The molecule has 3 aromatic rings. The highest BCUT2D eigenvalue weighted by Crippen LogP contribution is 2.21. The van der Waals surface area contributed by atoms with Gasteiger partial charge in [0.1, 0.15) is 23.9 Å².